The van der Waals surface area contributed by atoms with Crippen molar-refractivity contribution in [1.82, 2.24) is 9.97 Å². The third-order valence-electron chi connectivity index (χ3n) is 4.35. The van der Waals surface area contributed by atoms with Crippen LogP contribution in [0.4, 0.5) is 15.2 Å². The van der Waals surface area contributed by atoms with E-state index in [0.29, 0.717) is 6.54 Å². The van der Waals surface area contributed by atoms with Gasteiger partial charge in [0.1, 0.15) is 16.2 Å². The van der Waals surface area contributed by atoms with E-state index in [0.717, 1.165) is 34.9 Å². The molecule has 0 bridgehead atoms. The van der Waals surface area contributed by atoms with Gasteiger partial charge in [0, 0.05) is 19.3 Å². The summed E-state index contributed by atoms with van der Waals surface area (Å²) in [5, 5.41) is 3.59. The van der Waals surface area contributed by atoms with Crippen LogP contribution in [0.15, 0.2) is 42.6 Å². The summed E-state index contributed by atoms with van der Waals surface area (Å²) in [5.74, 6) is -0.747. The number of nitrogens with one attached hydrogen (secondary N) is 1. The summed E-state index contributed by atoms with van der Waals surface area (Å²) in [6.07, 6.45) is 3.45. The van der Waals surface area contributed by atoms with Crippen LogP contribution in [0, 0.1) is 11.7 Å². The molecular formula is C18H17FN4OS. The van der Waals surface area contributed by atoms with E-state index in [1.165, 1.54) is 17.4 Å². The molecule has 7 heteroatoms. The van der Waals surface area contributed by atoms with E-state index in [1.807, 2.05) is 12.1 Å². The fourth-order valence-corrected chi connectivity index (χ4v) is 4.00. The molecule has 3 heterocycles. The number of halogens is 1. The van der Waals surface area contributed by atoms with Crippen molar-refractivity contribution in [2.45, 2.75) is 12.8 Å². The van der Waals surface area contributed by atoms with Gasteiger partial charge in [0.05, 0.1) is 11.6 Å². The number of aromatic nitrogens is 2. The number of fused-ring (bicyclic) bond motifs is 1. The maximum absolute atomic E-state index is 13.7. The average molecular weight is 356 g/mol. The molecule has 5 nitrogen and oxygen atoms in total. The Morgan fingerprint density at radius 2 is 2.16 bits per heavy atom. The topological polar surface area (TPSA) is 58.1 Å². The molecule has 1 amide bonds. The normalized spacial score (nSPS) is 17.6. The molecule has 3 aromatic rings. The van der Waals surface area contributed by atoms with Crippen molar-refractivity contribution in [2.24, 2.45) is 5.92 Å². The smallest absolute Gasteiger partial charge is 0.229 e. The van der Waals surface area contributed by atoms with Gasteiger partial charge >= 0.3 is 0 Å². The Kier molecular flexibility index (Phi) is 4.31. The number of hydrogen-bond donors (Lipinski definition) is 1. The molecule has 4 rings (SSSR count). The van der Waals surface area contributed by atoms with Gasteiger partial charge in [0.15, 0.2) is 5.13 Å². The quantitative estimate of drug-likeness (QED) is 0.778. The third kappa shape index (κ3) is 3.32. The number of thiazole rings is 1. The van der Waals surface area contributed by atoms with E-state index in [2.05, 4.69) is 20.2 Å². The van der Waals surface area contributed by atoms with Crippen LogP contribution in [0.1, 0.15) is 12.8 Å². The Labute approximate surface area is 148 Å². The first-order chi connectivity index (χ1) is 12.2. The van der Waals surface area contributed by atoms with Crippen LogP contribution in [0.25, 0.3) is 10.3 Å². The van der Waals surface area contributed by atoms with Crippen molar-refractivity contribution in [2.75, 3.05) is 23.3 Å². The van der Waals surface area contributed by atoms with Crippen molar-refractivity contribution >= 4 is 38.4 Å². The number of piperidine rings is 1. The molecule has 1 saturated heterocycles. The van der Waals surface area contributed by atoms with Crippen LogP contribution in [0.5, 0.6) is 0 Å². The second kappa shape index (κ2) is 6.76. The third-order valence-corrected chi connectivity index (χ3v) is 5.39. The second-order valence-corrected chi connectivity index (χ2v) is 7.03. The summed E-state index contributed by atoms with van der Waals surface area (Å²) in [6.45, 7) is 1.45. The molecule has 1 aliphatic heterocycles. The van der Waals surface area contributed by atoms with E-state index in [-0.39, 0.29) is 17.5 Å². The van der Waals surface area contributed by atoms with Crippen LogP contribution in [0.2, 0.25) is 0 Å². The van der Waals surface area contributed by atoms with Gasteiger partial charge in [-0.25, -0.2) is 14.4 Å². The standard InChI is InChI=1S/C18H17FN4OS/c19-13-6-1-2-7-14(13)21-16(24)12-5-4-10-23(11-12)18-22-15-8-3-9-20-17(15)25-18/h1-3,6-9,12H,4-5,10-11H2,(H,21,24)/t12-/m1/s1. The van der Waals surface area contributed by atoms with Crippen LogP contribution < -0.4 is 10.2 Å². The Morgan fingerprint density at radius 3 is 3.00 bits per heavy atom. The Balaban J connectivity index is 1.48. The molecule has 1 aliphatic rings. The zero-order valence-corrected chi connectivity index (χ0v) is 14.3. The van der Waals surface area contributed by atoms with Gasteiger partial charge in [-0.1, -0.05) is 23.5 Å². The van der Waals surface area contributed by atoms with Crippen molar-refractivity contribution in [3.05, 3.63) is 48.4 Å². The highest BCUT2D eigenvalue weighted by Crippen LogP contribution is 2.30. The summed E-state index contributed by atoms with van der Waals surface area (Å²) < 4.78 is 13.7. The molecule has 0 spiro atoms. The number of para-hydroxylation sites is 1. The Hall–Kier alpha value is -2.54. The summed E-state index contributed by atoms with van der Waals surface area (Å²) in [6, 6.07) is 10.0. The maximum Gasteiger partial charge on any atom is 0.229 e. The SMILES string of the molecule is O=C(Nc1ccccc1F)[C@@H]1CCCN(c2nc3cccnc3s2)C1. The number of hydrogen-bond acceptors (Lipinski definition) is 5. The van der Waals surface area contributed by atoms with Gasteiger partial charge in [-0.3, -0.25) is 4.79 Å². The van der Waals surface area contributed by atoms with Gasteiger partial charge < -0.3 is 10.2 Å². The van der Waals surface area contributed by atoms with Crippen molar-refractivity contribution in [3.63, 3.8) is 0 Å². The number of carbonyl (C=O) groups excluding carboxylic acids is 1. The van der Waals surface area contributed by atoms with Gasteiger partial charge in [-0.05, 0) is 37.1 Å². The number of benzene rings is 1. The van der Waals surface area contributed by atoms with Gasteiger partial charge in [-0.15, -0.1) is 0 Å². The van der Waals surface area contributed by atoms with Gasteiger partial charge in [0.25, 0.3) is 0 Å². The molecule has 25 heavy (non-hydrogen) atoms. The molecule has 0 radical (unpaired) electrons. The molecule has 1 aromatic carbocycles. The van der Waals surface area contributed by atoms with Crippen molar-refractivity contribution in [3.8, 4) is 0 Å². The predicted octanol–water partition coefficient (Wildman–Crippen LogP) is 3.69. The minimum absolute atomic E-state index is 0.144. The number of carbonyl (C=O) groups is 1. The minimum Gasteiger partial charge on any atom is -0.347 e. The minimum atomic E-state index is -0.416. The molecule has 0 aliphatic carbocycles. The molecule has 128 valence electrons. The lowest BCUT2D eigenvalue weighted by Crippen LogP contribution is -2.40. The fraction of sp³-hybridized carbons (Fsp3) is 0.278. The second-order valence-electron chi connectivity index (χ2n) is 6.08. The molecule has 2 aromatic heterocycles. The number of rotatable bonds is 3. The molecule has 1 N–H and O–H groups in total. The summed E-state index contributed by atoms with van der Waals surface area (Å²) in [5.41, 5.74) is 1.11. The zero-order valence-electron chi connectivity index (χ0n) is 13.5. The summed E-state index contributed by atoms with van der Waals surface area (Å²) >= 11 is 1.54. The molecule has 0 saturated carbocycles. The molecule has 1 atom stereocenters. The number of anilines is 2. The monoisotopic (exact) mass is 356 g/mol. The van der Waals surface area contributed by atoms with Crippen molar-refractivity contribution < 1.29 is 9.18 Å². The predicted molar refractivity (Wildman–Crippen MR) is 97.4 cm³/mol. The van der Waals surface area contributed by atoms with Crippen molar-refractivity contribution in [1.29, 1.82) is 0 Å². The van der Waals surface area contributed by atoms with Crippen LogP contribution in [0.3, 0.4) is 0 Å². The highest BCUT2D eigenvalue weighted by atomic mass is 32.1. The van der Waals surface area contributed by atoms with Gasteiger partial charge in [0.2, 0.25) is 5.91 Å². The largest absolute Gasteiger partial charge is 0.347 e. The molecule has 1 fully saturated rings. The maximum atomic E-state index is 13.7. The fourth-order valence-electron chi connectivity index (χ4n) is 3.06. The first kappa shape index (κ1) is 16.0. The average Bonchev–Trinajstić information content (AvgIpc) is 3.08. The first-order valence-corrected chi connectivity index (χ1v) is 9.04. The van der Waals surface area contributed by atoms with E-state index in [9.17, 15) is 9.18 Å². The lowest BCUT2D eigenvalue weighted by Gasteiger charge is -2.31. The van der Waals surface area contributed by atoms with E-state index >= 15 is 0 Å². The lowest BCUT2D eigenvalue weighted by molar-refractivity contribution is -0.120. The first-order valence-electron chi connectivity index (χ1n) is 8.22. The highest BCUT2D eigenvalue weighted by molar-refractivity contribution is 7.21. The van der Waals surface area contributed by atoms with Gasteiger partial charge in [-0.2, -0.15) is 0 Å². The van der Waals surface area contributed by atoms with E-state index in [1.54, 1.807) is 24.4 Å². The number of nitrogens with zero attached hydrogens (tertiary/aromatic N) is 3. The van der Waals surface area contributed by atoms with Crippen LogP contribution in [-0.2, 0) is 4.79 Å². The van der Waals surface area contributed by atoms with E-state index in [4.69, 9.17) is 0 Å². The van der Waals surface area contributed by atoms with E-state index < -0.39 is 5.82 Å². The molecular weight excluding hydrogens is 339 g/mol. The zero-order chi connectivity index (χ0) is 17.2. The lowest BCUT2D eigenvalue weighted by atomic mass is 9.97. The Bertz CT molecular complexity index is 880. The number of amides is 1. The van der Waals surface area contributed by atoms with Crippen LogP contribution in [-0.4, -0.2) is 29.0 Å². The van der Waals surface area contributed by atoms with Crippen LogP contribution >= 0.6 is 11.3 Å². The summed E-state index contributed by atoms with van der Waals surface area (Å²) in [4.78, 5) is 24.5. The number of pyridine rings is 1. The molecule has 0 unspecified atom stereocenters. The Morgan fingerprint density at radius 1 is 1.28 bits per heavy atom. The summed E-state index contributed by atoms with van der Waals surface area (Å²) in [7, 11) is 0. The highest BCUT2D eigenvalue weighted by Gasteiger charge is 2.28.